The van der Waals surface area contributed by atoms with Gasteiger partial charge >= 0.3 is 11.9 Å². The zero-order valence-corrected chi connectivity index (χ0v) is 58.3. The normalized spacial score (nSPS) is 13.6. The molecule has 0 saturated carbocycles. The van der Waals surface area contributed by atoms with Crippen LogP contribution in [-0.2, 0) is 52.9 Å². The predicted octanol–water partition coefficient (Wildman–Crippen LogP) is 21.8. The number of carboxylic acid groups (broad SMARTS) is 2. The molecule has 0 radical (unpaired) electrons. The Labute approximate surface area is 536 Å². The van der Waals surface area contributed by atoms with E-state index in [0.717, 1.165) is 95.3 Å². The summed E-state index contributed by atoms with van der Waals surface area (Å²) in [5.74, 6) is -3.06. The maximum Gasteiger partial charge on any atom is 0.343 e. The minimum Gasteiger partial charge on any atom is -0.477 e. The van der Waals surface area contributed by atoms with Gasteiger partial charge in [-0.2, -0.15) is 0 Å². The lowest BCUT2D eigenvalue weighted by Gasteiger charge is -2.26. The van der Waals surface area contributed by atoms with Crippen molar-refractivity contribution >= 4 is 64.4 Å². The standard InChI is InChI=1S/C82H98N4O4/c1-75(2,3)52-34-48(35-53(43-52)76(4,5)6)68-61-28-29-62(83-61)69(49-36-54(77(7,8)9)44-55(37-49)78(10,11)12)64-32-33-66(85-64)71(51-40-58(81(19,20)21)46-59(41-51)82(22,23)24)72-47(26-25-27-60(73(87)88)74(89)90)42-67(86-72)70(65-31-30-63(68)84-65)50-38-56(79(13,14)15)45-57(39-50)80(16,17)18/h25-46,83,86H,1-24H3,(H,87,88)(H,89,90)/b26-25+,68-61?,68-63?,69-62?,69-64?,70-65?,70-67?,71-66?,72-71?. The number of H-pyrrole nitrogens is 2. The molecule has 2 aliphatic heterocycles. The van der Waals surface area contributed by atoms with Crippen molar-refractivity contribution in [1.82, 2.24) is 19.9 Å². The van der Waals surface area contributed by atoms with Gasteiger partial charge in [-0.25, -0.2) is 19.6 Å². The van der Waals surface area contributed by atoms with E-state index in [2.05, 4.69) is 291 Å². The Morgan fingerprint density at radius 3 is 0.867 bits per heavy atom. The molecule has 3 aromatic heterocycles. The summed E-state index contributed by atoms with van der Waals surface area (Å²) in [5, 5.41) is 20.3. The molecule has 0 aliphatic carbocycles. The second-order valence-electron chi connectivity index (χ2n) is 33.5. The Morgan fingerprint density at radius 1 is 0.344 bits per heavy atom. The van der Waals surface area contributed by atoms with Crippen molar-refractivity contribution in [2.24, 2.45) is 0 Å². The summed E-state index contributed by atoms with van der Waals surface area (Å²) in [6.45, 7) is 54.3. The number of allylic oxidation sites excluding steroid dienone is 2. The number of fused-ring (bicyclic) bond motifs is 8. The summed E-state index contributed by atoms with van der Waals surface area (Å²) < 4.78 is 0. The maximum atomic E-state index is 12.5. The van der Waals surface area contributed by atoms with Gasteiger partial charge in [0.25, 0.3) is 0 Å². The lowest BCUT2D eigenvalue weighted by molar-refractivity contribution is -0.140. The van der Waals surface area contributed by atoms with Gasteiger partial charge in [-0.3, -0.25) is 0 Å². The second-order valence-corrected chi connectivity index (χ2v) is 33.5. The first-order chi connectivity index (χ1) is 41.3. The van der Waals surface area contributed by atoms with Crippen molar-refractivity contribution in [2.75, 3.05) is 0 Å². The predicted molar refractivity (Wildman–Crippen MR) is 383 cm³/mol. The van der Waals surface area contributed by atoms with Gasteiger partial charge in [0.1, 0.15) is 5.57 Å². The molecule has 5 heterocycles. The number of rotatable bonds is 8. The van der Waals surface area contributed by atoms with Crippen LogP contribution < -0.4 is 0 Å². The van der Waals surface area contributed by atoms with E-state index in [9.17, 15) is 19.8 Å². The third kappa shape index (κ3) is 13.9. The number of benzene rings is 4. The van der Waals surface area contributed by atoms with E-state index < -0.39 is 17.5 Å². The smallest absolute Gasteiger partial charge is 0.343 e. The second kappa shape index (κ2) is 23.0. The number of aliphatic carboxylic acids is 2. The molecule has 90 heavy (non-hydrogen) atoms. The Bertz CT molecular complexity index is 4210. The molecule has 2 aliphatic rings. The fraction of sp³-hybridized carbons (Fsp3) is 0.390. The molecule has 4 N–H and O–H groups in total. The molecule has 0 spiro atoms. The molecule has 9 rings (SSSR count). The molecule has 470 valence electrons. The van der Waals surface area contributed by atoms with Gasteiger partial charge in [0.2, 0.25) is 0 Å². The molecule has 8 heteroatoms. The number of hydrogen-bond acceptors (Lipinski definition) is 4. The molecule has 0 saturated heterocycles. The lowest BCUT2D eigenvalue weighted by Crippen LogP contribution is -2.16. The molecule has 8 nitrogen and oxygen atoms in total. The van der Waals surface area contributed by atoms with Crippen LogP contribution in [0, 0.1) is 0 Å². The van der Waals surface area contributed by atoms with Crippen molar-refractivity contribution in [2.45, 2.75) is 209 Å². The number of carbonyl (C=O) groups is 2. The van der Waals surface area contributed by atoms with E-state index in [0.29, 0.717) is 16.8 Å². The third-order valence-electron chi connectivity index (χ3n) is 17.7. The largest absolute Gasteiger partial charge is 0.477 e. The Kier molecular flexibility index (Phi) is 16.9. The summed E-state index contributed by atoms with van der Waals surface area (Å²) in [6.07, 6.45) is 13.1. The number of aromatic amines is 2. The summed E-state index contributed by atoms with van der Waals surface area (Å²) in [7, 11) is 0. The van der Waals surface area contributed by atoms with Crippen molar-refractivity contribution in [3.8, 4) is 44.5 Å². The van der Waals surface area contributed by atoms with Crippen molar-refractivity contribution in [1.29, 1.82) is 0 Å². The molecule has 0 amide bonds. The molecule has 7 aromatic rings. The minimum absolute atomic E-state index is 0.177. The molecule has 4 aromatic carbocycles. The number of nitrogens with zero attached hydrogens (tertiary/aromatic N) is 2. The first kappa shape index (κ1) is 66.3. The van der Waals surface area contributed by atoms with Crippen LogP contribution in [0.15, 0.2) is 109 Å². The van der Waals surface area contributed by atoms with E-state index in [4.69, 9.17) is 9.97 Å². The number of nitrogens with one attached hydrogen (secondary N) is 2. The quantitative estimate of drug-likeness (QED) is 0.0519. The monoisotopic (exact) mass is 1200 g/mol. The van der Waals surface area contributed by atoms with Gasteiger partial charge in [0, 0.05) is 44.4 Å². The fourth-order valence-electron chi connectivity index (χ4n) is 11.7. The molecule has 0 fully saturated rings. The highest BCUT2D eigenvalue weighted by atomic mass is 16.4. The highest BCUT2D eigenvalue weighted by molar-refractivity contribution is 6.13. The van der Waals surface area contributed by atoms with Crippen LogP contribution in [0.25, 0.3) is 97.0 Å². The SMILES string of the molecule is CC(C)(C)c1cc(-c2c3nc(c(-c4cc(C(C)(C)C)cc(C(C)(C)C)c4)c4cc(/C=C/C=C(C(=O)O)C(=O)O)c([nH]4)c(-c4cc(C(C)(C)C)cc(C(C)(C)C)c4)c4nc(c(-c5cc(C(C)(C)C)cc(C(C)(C)C)c5)c5ccc2[nH]5)C=C4)C=C3)cc(C(C)(C)C)c1. The van der Waals surface area contributed by atoms with E-state index in [1.807, 2.05) is 6.08 Å². The Balaban J connectivity index is 1.64. The fourth-order valence-corrected chi connectivity index (χ4v) is 11.7. The van der Waals surface area contributed by atoms with E-state index in [1.165, 1.54) is 39.5 Å². The number of carboxylic acids is 2. The van der Waals surface area contributed by atoms with Crippen LogP contribution >= 0.6 is 0 Å². The van der Waals surface area contributed by atoms with E-state index in [1.54, 1.807) is 0 Å². The highest BCUT2D eigenvalue weighted by Crippen LogP contribution is 2.46. The molecular weight excluding hydrogens is 1100 g/mol. The Morgan fingerprint density at radius 2 is 0.600 bits per heavy atom. The average Bonchev–Trinajstić information content (AvgIpc) is 1.54. The average molecular weight is 1200 g/mol. The first-order valence-electron chi connectivity index (χ1n) is 32.0. The summed E-state index contributed by atoms with van der Waals surface area (Å²) in [4.78, 5) is 44.8. The highest BCUT2D eigenvalue weighted by Gasteiger charge is 2.30. The van der Waals surface area contributed by atoms with Crippen LogP contribution in [-0.4, -0.2) is 42.1 Å². The third-order valence-corrected chi connectivity index (χ3v) is 17.7. The van der Waals surface area contributed by atoms with Gasteiger partial charge in [0.15, 0.2) is 0 Å². The summed E-state index contributed by atoms with van der Waals surface area (Å²) in [5.41, 5.74) is 21.7. The minimum atomic E-state index is -1.53. The van der Waals surface area contributed by atoms with E-state index >= 15 is 0 Å². The number of hydrogen-bond donors (Lipinski definition) is 4. The number of aromatic nitrogens is 4. The van der Waals surface area contributed by atoms with Crippen LogP contribution in [0.2, 0.25) is 0 Å². The maximum absolute atomic E-state index is 12.5. The summed E-state index contributed by atoms with van der Waals surface area (Å²) in [6, 6.07) is 34.5. The van der Waals surface area contributed by atoms with Crippen LogP contribution in [0.3, 0.4) is 0 Å². The van der Waals surface area contributed by atoms with Crippen molar-refractivity contribution < 1.29 is 19.8 Å². The van der Waals surface area contributed by atoms with Gasteiger partial charge in [-0.05, 0) is 159 Å². The summed E-state index contributed by atoms with van der Waals surface area (Å²) >= 11 is 0. The van der Waals surface area contributed by atoms with E-state index in [-0.39, 0.29) is 43.3 Å². The molecule has 0 unspecified atom stereocenters. The van der Waals surface area contributed by atoms with Crippen LogP contribution in [0.4, 0.5) is 0 Å². The van der Waals surface area contributed by atoms with Crippen molar-refractivity contribution in [3.63, 3.8) is 0 Å². The van der Waals surface area contributed by atoms with Gasteiger partial charge in [-0.1, -0.05) is 251 Å². The van der Waals surface area contributed by atoms with Crippen LogP contribution in [0.1, 0.15) is 239 Å². The molecular formula is C82H98N4O4. The van der Waals surface area contributed by atoms with Gasteiger partial charge in [-0.15, -0.1) is 0 Å². The zero-order chi connectivity index (χ0) is 66.6. The topological polar surface area (TPSA) is 132 Å². The zero-order valence-electron chi connectivity index (χ0n) is 58.3. The van der Waals surface area contributed by atoms with Crippen LogP contribution in [0.5, 0.6) is 0 Å². The molecule has 0 atom stereocenters. The van der Waals surface area contributed by atoms with Crippen molar-refractivity contribution in [3.05, 3.63) is 182 Å². The van der Waals surface area contributed by atoms with Gasteiger partial charge < -0.3 is 20.2 Å². The first-order valence-corrected chi connectivity index (χ1v) is 32.0. The van der Waals surface area contributed by atoms with Gasteiger partial charge in [0.05, 0.1) is 28.3 Å². The lowest BCUT2D eigenvalue weighted by atomic mass is 9.78. The Hall–Kier alpha value is -8.10. The molecule has 8 bridgehead atoms.